The van der Waals surface area contributed by atoms with Crippen molar-refractivity contribution in [3.05, 3.63) is 0 Å². The zero-order valence-electron chi connectivity index (χ0n) is 11.6. The maximum absolute atomic E-state index is 5.96. The molecule has 3 rings (SSSR count). The van der Waals surface area contributed by atoms with Gasteiger partial charge in [0.1, 0.15) is 0 Å². The molecule has 0 aromatic carbocycles. The molecule has 18 heavy (non-hydrogen) atoms. The summed E-state index contributed by atoms with van der Waals surface area (Å²) in [6.07, 6.45) is 12.0. The van der Waals surface area contributed by atoms with Crippen molar-refractivity contribution < 1.29 is 4.74 Å². The summed E-state index contributed by atoms with van der Waals surface area (Å²) < 4.78 is 5.96. The Bertz CT molecular complexity index is 266. The first-order chi connectivity index (χ1) is 8.80. The number of nitrogens with zero attached hydrogens (tertiary/aromatic N) is 1. The van der Waals surface area contributed by atoms with E-state index in [9.17, 15) is 0 Å². The number of piperidine rings is 1. The van der Waals surface area contributed by atoms with Gasteiger partial charge in [0.15, 0.2) is 0 Å². The minimum Gasteiger partial charge on any atom is -0.372 e. The van der Waals surface area contributed by atoms with Crippen LogP contribution in [0, 0.1) is 5.41 Å². The molecule has 0 aromatic rings. The summed E-state index contributed by atoms with van der Waals surface area (Å²) in [5.41, 5.74) is 6.41. The third kappa shape index (κ3) is 2.73. The number of likely N-dealkylation sites (tertiary alicyclic amines) is 1. The zero-order chi connectivity index (χ0) is 12.4. The second-order valence-electron chi connectivity index (χ2n) is 6.70. The lowest BCUT2D eigenvalue weighted by Crippen LogP contribution is -2.42. The molecule has 3 nitrogen and oxygen atoms in total. The van der Waals surface area contributed by atoms with Gasteiger partial charge in [-0.25, -0.2) is 0 Å². The Hall–Kier alpha value is -0.120. The van der Waals surface area contributed by atoms with Crippen LogP contribution in [0.3, 0.4) is 0 Å². The summed E-state index contributed by atoms with van der Waals surface area (Å²) >= 11 is 0. The SMILES string of the molecule is NCC1CCC(CN2CCC3(CCCC3)CC2)O1. The molecule has 3 fully saturated rings. The van der Waals surface area contributed by atoms with Gasteiger partial charge in [0.25, 0.3) is 0 Å². The zero-order valence-corrected chi connectivity index (χ0v) is 11.6. The van der Waals surface area contributed by atoms with Crippen molar-refractivity contribution in [1.82, 2.24) is 4.90 Å². The second kappa shape index (κ2) is 5.48. The topological polar surface area (TPSA) is 38.5 Å². The Morgan fingerprint density at radius 2 is 1.67 bits per heavy atom. The molecule has 2 N–H and O–H groups in total. The van der Waals surface area contributed by atoms with E-state index in [-0.39, 0.29) is 0 Å². The maximum Gasteiger partial charge on any atom is 0.0707 e. The third-order valence-corrected chi connectivity index (χ3v) is 5.50. The Morgan fingerprint density at radius 1 is 1.00 bits per heavy atom. The largest absolute Gasteiger partial charge is 0.372 e. The van der Waals surface area contributed by atoms with Crippen molar-refractivity contribution in [2.75, 3.05) is 26.2 Å². The third-order valence-electron chi connectivity index (χ3n) is 5.50. The average molecular weight is 252 g/mol. The first kappa shape index (κ1) is 12.9. The molecule has 1 spiro atoms. The van der Waals surface area contributed by atoms with Crippen LogP contribution in [0.1, 0.15) is 51.4 Å². The van der Waals surface area contributed by atoms with E-state index in [0.717, 1.165) is 12.0 Å². The van der Waals surface area contributed by atoms with Gasteiger partial charge in [0, 0.05) is 13.1 Å². The predicted octanol–water partition coefficient (Wildman–Crippen LogP) is 2.15. The average Bonchev–Trinajstić information content (AvgIpc) is 3.02. The van der Waals surface area contributed by atoms with Crippen molar-refractivity contribution in [2.24, 2.45) is 11.1 Å². The summed E-state index contributed by atoms with van der Waals surface area (Å²) in [6.45, 7) is 4.44. The van der Waals surface area contributed by atoms with Crippen LogP contribution in [0.5, 0.6) is 0 Å². The summed E-state index contributed by atoms with van der Waals surface area (Å²) in [7, 11) is 0. The van der Waals surface area contributed by atoms with Crippen molar-refractivity contribution in [2.45, 2.75) is 63.6 Å². The predicted molar refractivity (Wildman–Crippen MR) is 73.5 cm³/mol. The van der Waals surface area contributed by atoms with Crippen molar-refractivity contribution in [3.63, 3.8) is 0 Å². The Morgan fingerprint density at radius 3 is 2.28 bits per heavy atom. The summed E-state index contributed by atoms with van der Waals surface area (Å²) in [5, 5.41) is 0. The van der Waals surface area contributed by atoms with Crippen LogP contribution in [0.25, 0.3) is 0 Å². The molecule has 3 aliphatic rings. The van der Waals surface area contributed by atoms with E-state index in [1.807, 2.05) is 0 Å². The molecule has 0 radical (unpaired) electrons. The first-order valence-electron chi connectivity index (χ1n) is 7.88. The molecule has 1 aliphatic carbocycles. The van der Waals surface area contributed by atoms with Gasteiger partial charge in [-0.05, 0) is 57.0 Å². The number of hydrogen-bond donors (Lipinski definition) is 1. The highest BCUT2D eigenvalue weighted by Crippen LogP contribution is 2.46. The molecular weight excluding hydrogens is 224 g/mol. The molecule has 0 bridgehead atoms. The number of hydrogen-bond acceptors (Lipinski definition) is 3. The Kier molecular flexibility index (Phi) is 3.92. The highest BCUT2D eigenvalue weighted by Gasteiger charge is 2.37. The smallest absolute Gasteiger partial charge is 0.0707 e. The van der Waals surface area contributed by atoms with Gasteiger partial charge in [-0.1, -0.05) is 12.8 Å². The fourth-order valence-electron chi connectivity index (χ4n) is 4.21. The number of ether oxygens (including phenoxy) is 1. The van der Waals surface area contributed by atoms with Gasteiger partial charge in [-0.15, -0.1) is 0 Å². The van der Waals surface area contributed by atoms with E-state index < -0.39 is 0 Å². The van der Waals surface area contributed by atoms with Crippen LogP contribution in [-0.4, -0.2) is 43.3 Å². The van der Waals surface area contributed by atoms with Crippen LogP contribution in [-0.2, 0) is 4.74 Å². The molecule has 2 heterocycles. The Labute approximate surface area is 111 Å². The molecular formula is C15H28N2O. The van der Waals surface area contributed by atoms with Gasteiger partial charge in [0.2, 0.25) is 0 Å². The van der Waals surface area contributed by atoms with E-state index in [1.165, 1.54) is 64.5 Å². The van der Waals surface area contributed by atoms with Gasteiger partial charge in [-0.3, -0.25) is 0 Å². The summed E-state index contributed by atoms with van der Waals surface area (Å²) in [5.74, 6) is 0. The van der Waals surface area contributed by atoms with E-state index in [4.69, 9.17) is 10.5 Å². The summed E-state index contributed by atoms with van der Waals surface area (Å²) in [4.78, 5) is 2.63. The van der Waals surface area contributed by atoms with Crippen LogP contribution in [0.4, 0.5) is 0 Å². The van der Waals surface area contributed by atoms with Crippen molar-refractivity contribution in [3.8, 4) is 0 Å². The normalized spacial score (nSPS) is 36.5. The molecule has 1 saturated carbocycles. The molecule has 2 aliphatic heterocycles. The summed E-state index contributed by atoms with van der Waals surface area (Å²) in [6, 6.07) is 0. The standard InChI is InChI=1S/C15H28N2O/c16-11-13-3-4-14(18-13)12-17-9-7-15(8-10-17)5-1-2-6-15/h13-14H,1-12,16H2. The number of rotatable bonds is 3. The van der Waals surface area contributed by atoms with Crippen molar-refractivity contribution >= 4 is 0 Å². The van der Waals surface area contributed by atoms with Crippen LogP contribution < -0.4 is 5.73 Å². The molecule has 0 amide bonds. The molecule has 0 aromatic heterocycles. The van der Waals surface area contributed by atoms with Crippen LogP contribution in [0.2, 0.25) is 0 Å². The van der Waals surface area contributed by atoms with E-state index in [0.29, 0.717) is 18.8 Å². The maximum atomic E-state index is 5.96. The van der Waals surface area contributed by atoms with Gasteiger partial charge < -0.3 is 15.4 Å². The van der Waals surface area contributed by atoms with E-state index in [2.05, 4.69) is 4.90 Å². The fraction of sp³-hybridized carbons (Fsp3) is 1.00. The van der Waals surface area contributed by atoms with Crippen molar-refractivity contribution in [1.29, 1.82) is 0 Å². The minimum atomic E-state index is 0.334. The van der Waals surface area contributed by atoms with Gasteiger partial charge in [0.05, 0.1) is 12.2 Å². The fourth-order valence-corrected chi connectivity index (χ4v) is 4.21. The monoisotopic (exact) mass is 252 g/mol. The van der Waals surface area contributed by atoms with Gasteiger partial charge >= 0.3 is 0 Å². The molecule has 2 atom stereocenters. The molecule has 2 saturated heterocycles. The molecule has 104 valence electrons. The lowest BCUT2D eigenvalue weighted by molar-refractivity contribution is 0.0111. The van der Waals surface area contributed by atoms with E-state index in [1.54, 1.807) is 0 Å². The first-order valence-corrected chi connectivity index (χ1v) is 7.88. The molecule has 2 unspecified atom stereocenters. The Balaban J connectivity index is 1.43. The quantitative estimate of drug-likeness (QED) is 0.836. The second-order valence-corrected chi connectivity index (χ2v) is 6.70. The van der Waals surface area contributed by atoms with Crippen LogP contribution in [0.15, 0.2) is 0 Å². The lowest BCUT2D eigenvalue weighted by atomic mass is 9.77. The van der Waals surface area contributed by atoms with Gasteiger partial charge in [-0.2, -0.15) is 0 Å². The highest BCUT2D eigenvalue weighted by atomic mass is 16.5. The van der Waals surface area contributed by atoms with E-state index >= 15 is 0 Å². The lowest BCUT2D eigenvalue weighted by Gasteiger charge is -2.40. The molecule has 3 heteroatoms. The minimum absolute atomic E-state index is 0.334. The highest BCUT2D eigenvalue weighted by molar-refractivity contribution is 4.90. The van der Waals surface area contributed by atoms with Crippen LogP contribution >= 0.6 is 0 Å². The number of nitrogens with two attached hydrogens (primary N) is 1.